The zero-order valence-corrected chi connectivity index (χ0v) is 18.5. The van der Waals surface area contributed by atoms with Crippen LogP contribution in [0.15, 0.2) is 71.3 Å². The predicted molar refractivity (Wildman–Crippen MR) is 125 cm³/mol. The Hall–Kier alpha value is -3.94. The summed E-state index contributed by atoms with van der Waals surface area (Å²) in [6.45, 7) is 2.90. The average Bonchev–Trinajstić information content (AvgIpc) is 3.28. The number of benzene rings is 2. The molecule has 0 aliphatic carbocycles. The van der Waals surface area contributed by atoms with Crippen molar-refractivity contribution in [2.24, 2.45) is 0 Å². The number of nitrogens with zero attached hydrogens (tertiary/aromatic N) is 2. The standard InChI is InChI=1S/C25H27N3O5/c1-31-21-10-8-20(9-11-21)27-12-4-13-28(15-14-27)24(29)18-33-22-6-2-5-19(17-22)26-25(30)23-7-3-16-32-23/h2-3,5-11,16-17H,4,12-15,18H2,1H3,(H,26,30). The van der Waals surface area contributed by atoms with Crippen LogP contribution in [0, 0.1) is 0 Å². The zero-order valence-electron chi connectivity index (χ0n) is 18.5. The Labute approximate surface area is 192 Å². The van der Waals surface area contributed by atoms with Crippen LogP contribution in [0.1, 0.15) is 17.0 Å². The number of hydrogen-bond acceptors (Lipinski definition) is 6. The van der Waals surface area contributed by atoms with E-state index in [1.54, 1.807) is 43.5 Å². The quantitative estimate of drug-likeness (QED) is 0.593. The van der Waals surface area contributed by atoms with Gasteiger partial charge in [-0.1, -0.05) is 6.07 Å². The predicted octanol–water partition coefficient (Wildman–Crippen LogP) is 3.66. The van der Waals surface area contributed by atoms with Gasteiger partial charge in [0, 0.05) is 43.6 Å². The molecule has 4 rings (SSSR count). The number of nitrogens with one attached hydrogen (secondary N) is 1. The Morgan fingerprint density at radius 3 is 2.58 bits per heavy atom. The zero-order chi connectivity index (χ0) is 23.0. The van der Waals surface area contributed by atoms with Gasteiger partial charge in [0.25, 0.3) is 11.8 Å². The van der Waals surface area contributed by atoms with Crippen LogP contribution in [0.4, 0.5) is 11.4 Å². The number of hydrogen-bond donors (Lipinski definition) is 1. The van der Waals surface area contributed by atoms with Crippen LogP contribution in [0.3, 0.4) is 0 Å². The summed E-state index contributed by atoms with van der Waals surface area (Å²) < 4.78 is 16.0. The molecule has 0 bridgehead atoms. The summed E-state index contributed by atoms with van der Waals surface area (Å²) in [6.07, 6.45) is 2.32. The average molecular weight is 450 g/mol. The molecule has 8 heteroatoms. The highest BCUT2D eigenvalue weighted by Crippen LogP contribution is 2.21. The number of carbonyl (C=O) groups excluding carboxylic acids is 2. The molecule has 0 atom stereocenters. The van der Waals surface area contributed by atoms with Crippen LogP contribution in [0.25, 0.3) is 0 Å². The summed E-state index contributed by atoms with van der Waals surface area (Å²) in [6, 6.07) is 18.2. The lowest BCUT2D eigenvalue weighted by Crippen LogP contribution is -2.38. The molecule has 2 amide bonds. The molecular formula is C25H27N3O5. The maximum absolute atomic E-state index is 12.8. The van der Waals surface area contributed by atoms with E-state index >= 15 is 0 Å². The summed E-state index contributed by atoms with van der Waals surface area (Å²) in [5.74, 6) is 1.15. The van der Waals surface area contributed by atoms with Crippen molar-refractivity contribution in [3.05, 3.63) is 72.7 Å². The summed E-state index contributed by atoms with van der Waals surface area (Å²) in [5, 5.41) is 2.75. The number of rotatable bonds is 7. The molecule has 1 aliphatic heterocycles. The Bertz CT molecular complexity index is 1070. The Morgan fingerprint density at radius 1 is 0.970 bits per heavy atom. The molecule has 0 saturated carbocycles. The van der Waals surface area contributed by atoms with Crippen molar-refractivity contribution in [3.8, 4) is 11.5 Å². The molecule has 1 N–H and O–H groups in total. The van der Waals surface area contributed by atoms with Crippen molar-refractivity contribution in [1.29, 1.82) is 0 Å². The van der Waals surface area contributed by atoms with Gasteiger partial charge in [0.15, 0.2) is 12.4 Å². The van der Waals surface area contributed by atoms with Crippen molar-refractivity contribution in [3.63, 3.8) is 0 Å². The van der Waals surface area contributed by atoms with Gasteiger partial charge in [-0.05, 0) is 55.0 Å². The summed E-state index contributed by atoms with van der Waals surface area (Å²) in [7, 11) is 1.65. The van der Waals surface area contributed by atoms with E-state index < -0.39 is 0 Å². The monoisotopic (exact) mass is 449 g/mol. The van der Waals surface area contributed by atoms with E-state index in [-0.39, 0.29) is 24.2 Å². The van der Waals surface area contributed by atoms with Crippen LogP contribution in [0.2, 0.25) is 0 Å². The largest absolute Gasteiger partial charge is 0.497 e. The van der Waals surface area contributed by atoms with E-state index in [0.29, 0.717) is 24.5 Å². The van der Waals surface area contributed by atoms with E-state index in [9.17, 15) is 9.59 Å². The number of methoxy groups -OCH3 is 1. The maximum atomic E-state index is 12.8. The minimum Gasteiger partial charge on any atom is -0.497 e. The van der Waals surface area contributed by atoms with Crippen LogP contribution in [0.5, 0.6) is 11.5 Å². The summed E-state index contributed by atoms with van der Waals surface area (Å²) in [4.78, 5) is 29.0. The van der Waals surface area contributed by atoms with E-state index in [0.717, 1.165) is 30.9 Å². The first-order chi connectivity index (χ1) is 16.1. The second-order valence-electron chi connectivity index (χ2n) is 7.67. The fourth-order valence-electron chi connectivity index (χ4n) is 3.72. The first-order valence-electron chi connectivity index (χ1n) is 10.9. The Balaban J connectivity index is 1.28. The van der Waals surface area contributed by atoms with E-state index in [2.05, 4.69) is 10.2 Å². The second kappa shape index (κ2) is 10.6. The lowest BCUT2D eigenvalue weighted by atomic mass is 10.2. The molecule has 2 aromatic carbocycles. The van der Waals surface area contributed by atoms with Gasteiger partial charge in [-0.2, -0.15) is 0 Å². The van der Waals surface area contributed by atoms with Crippen molar-refractivity contribution < 1.29 is 23.5 Å². The Kier molecular flexibility index (Phi) is 7.14. The molecule has 172 valence electrons. The van der Waals surface area contributed by atoms with Crippen molar-refractivity contribution in [2.75, 3.05) is 50.1 Å². The number of ether oxygens (including phenoxy) is 2. The smallest absolute Gasteiger partial charge is 0.291 e. The molecule has 1 aromatic heterocycles. The second-order valence-corrected chi connectivity index (χ2v) is 7.67. The minimum absolute atomic E-state index is 0.0574. The molecule has 1 aliphatic rings. The van der Waals surface area contributed by atoms with Crippen LogP contribution >= 0.6 is 0 Å². The van der Waals surface area contributed by atoms with Gasteiger partial charge in [-0.25, -0.2) is 0 Å². The van der Waals surface area contributed by atoms with Crippen LogP contribution in [-0.2, 0) is 4.79 Å². The van der Waals surface area contributed by atoms with Crippen molar-refractivity contribution in [1.82, 2.24) is 4.90 Å². The van der Waals surface area contributed by atoms with Gasteiger partial charge in [-0.3, -0.25) is 9.59 Å². The highest BCUT2D eigenvalue weighted by molar-refractivity contribution is 6.02. The highest BCUT2D eigenvalue weighted by Gasteiger charge is 2.20. The van der Waals surface area contributed by atoms with Gasteiger partial charge in [0.2, 0.25) is 0 Å². The summed E-state index contributed by atoms with van der Waals surface area (Å²) >= 11 is 0. The molecule has 0 unspecified atom stereocenters. The highest BCUT2D eigenvalue weighted by atomic mass is 16.5. The molecule has 1 saturated heterocycles. The normalized spacial score (nSPS) is 13.8. The SMILES string of the molecule is COc1ccc(N2CCCN(C(=O)COc3cccc(NC(=O)c4ccco4)c3)CC2)cc1. The molecule has 8 nitrogen and oxygen atoms in total. The van der Waals surface area contributed by atoms with E-state index in [4.69, 9.17) is 13.9 Å². The van der Waals surface area contributed by atoms with Crippen LogP contribution in [-0.4, -0.2) is 56.6 Å². The topological polar surface area (TPSA) is 84.3 Å². The van der Waals surface area contributed by atoms with Gasteiger partial charge in [-0.15, -0.1) is 0 Å². The third-order valence-electron chi connectivity index (χ3n) is 5.49. The first kappa shape index (κ1) is 22.3. The van der Waals surface area contributed by atoms with Gasteiger partial charge >= 0.3 is 0 Å². The first-order valence-corrected chi connectivity index (χ1v) is 10.9. The number of amides is 2. The molecule has 33 heavy (non-hydrogen) atoms. The van der Waals surface area contributed by atoms with Gasteiger partial charge in [0.1, 0.15) is 11.5 Å². The Morgan fingerprint density at radius 2 is 1.82 bits per heavy atom. The van der Waals surface area contributed by atoms with E-state index in [1.165, 1.54) is 6.26 Å². The molecule has 0 spiro atoms. The molecule has 0 radical (unpaired) electrons. The third kappa shape index (κ3) is 5.85. The van der Waals surface area contributed by atoms with E-state index in [1.807, 2.05) is 29.2 Å². The van der Waals surface area contributed by atoms with Crippen molar-refractivity contribution in [2.45, 2.75) is 6.42 Å². The van der Waals surface area contributed by atoms with Crippen molar-refractivity contribution >= 4 is 23.2 Å². The third-order valence-corrected chi connectivity index (χ3v) is 5.49. The molecular weight excluding hydrogens is 422 g/mol. The fraction of sp³-hybridized carbons (Fsp3) is 0.280. The van der Waals surface area contributed by atoms with Gasteiger partial charge in [0.05, 0.1) is 13.4 Å². The van der Waals surface area contributed by atoms with Crippen LogP contribution < -0.4 is 19.7 Å². The molecule has 3 aromatic rings. The lowest BCUT2D eigenvalue weighted by Gasteiger charge is -2.24. The van der Waals surface area contributed by atoms with Gasteiger partial charge < -0.3 is 29.0 Å². The number of carbonyl (C=O) groups is 2. The lowest BCUT2D eigenvalue weighted by molar-refractivity contribution is -0.133. The minimum atomic E-state index is -0.348. The fourth-order valence-corrected chi connectivity index (χ4v) is 3.72. The number of furan rings is 1. The molecule has 2 heterocycles. The number of anilines is 2. The summed E-state index contributed by atoms with van der Waals surface area (Å²) in [5.41, 5.74) is 1.68. The maximum Gasteiger partial charge on any atom is 0.291 e. The molecule has 1 fully saturated rings.